The van der Waals surface area contributed by atoms with Gasteiger partial charge in [-0.15, -0.1) is 0 Å². The second kappa shape index (κ2) is 6.31. The zero-order valence-electron chi connectivity index (χ0n) is 11.4. The SMILES string of the molecule is CCCNc1ncc([N+](=O)[O-])cc1C(=O)NC1CCC1. The van der Waals surface area contributed by atoms with Crippen molar-refractivity contribution in [3.05, 3.63) is 27.9 Å². The van der Waals surface area contributed by atoms with E-state index in [0.29, 0.717) is 12.4 Å². The van der Waals surface area contributed by atoms with Gasteiger partial charge in [-0.2, -0.15) is 0 Å². The Hall–Kier alpha value is -2.18. The number of rotatable bonds is 6. The number of pyridine rings is 1. The molecule has 1 aliphatic carbocycles. The fraction of sp³-hybridized carbons (Fsp3) is 0.538. The molecule has 7 heteroatoms. The Morgan fingerprint density at radius 2 is 2.30 bits per heavy atom. The van der Waals surface area contributed by atoms with Crippen LogP contribution in [0.4, 0.5) is 11.5 Å². The fourth-order valence-electron chi connectivity index (χ4n) is 1.93. The van der Waals surface area contributed by atoms with Crippen LogP contribution in [0.2, 0.25) is 0 Å². The fourth-order valence-corrected chi connectivity index (χ4v) is 1.93. The summed E-state index contributed by atoms with van der Waals surface area (Å²) in [7, 11) is 0. The van der Waals surface area contributed by atoms with Crippen LogP contribution in [-0.2, 0) is 0 Å². The summed E-state index contributed by atoms with van der Waals surface area (Å²) in [6.45, 7) is 2.65. The minimum Gasteiger partial charge on any atom is -0.369 e. The molecule has 0 bridgehead atoms. The second-order valence-electron chi connectivity index (χ2n) is 4.87. The number of hydrogen-bond donors (Lipinski definition) is 2. The van der Waals surface area contributed by atoms with Crippen molar-refractivity contribution in [1.82, 2.24) is 10.3 Å². The molecule has 1 heterocycles. The highest BCUT2D eigenvalue weighted by molar-refractivity contribution is 5.99. The maximum atomic E-state index is 12.2. The van der Waals surface area contributed by atoms with Gasteiger partial charge in [-0.3, -0.25) is 14.9 Å². The van der Waals surface area contributed by atoms with E-state index in [-0.39, 0.29) is 23.2 Å². The molecule has 20 heavy (non-hydrogen) atoms. The van der Waals surface area contributed by atoms with Crippen molar-refractivity contribution in [2.45, 2.75) is 38.6 Å². The first-order valence-corrected chi connectivity index (χ1v) is 6.81. The maximum Gasteiger partial charge on any atom is 0.288 e. The number of aromatic nitrogens is 1. The molecular weight excluding hydrogens is 260 g/mol. The Morgan fingerprint density at radius 3 is 2.85 bits per heavy atom. The van der Waals surface area contributed by atoms with Crippen molar-refractivity contribution in [1.29, 1.82) is 0 Å². The van der Waals surface area contributed by atoms with E-state index >= 15 is 0 Å². The number of amides is 1. The van der Waals surface area contributed by atoms with Gasteiger partial charge in [-0.1, -0.05) is 6.92 Å². The van der Waals surface area contributed by atoms with E-state index < -0.39 is 4.92 Å². The van der Waals surface area contributed by atoms with Gasteiger partial charge in [0.05, 0.1) is 10.5 Å². The summed E-state index contributed by atoms with van der Waals surface area (Å²) in [6.07, 6.45) is 5.08. The van der Waals surface area contributed by atoms with Crippen LogP contribution in [0.3, 0.4) is 0 Å². The largest absolute Gasteiger partial charge is 0.369 e. The summed E-state index contributed by atoms with van der Waals surface area (Å²) in [6, 6.07) is 1.46. The predicted molar refractivity (Wildman–Crippen MR) is 74.8 cm³/mol. The normalized spacial score (nSPS) is 14.4. The molecule has 0 spiro atoms. The quantitative estimate of drug-likeness (QED) is 0.613. The predicted octanol–water partition coefficient (Wildman–Crippen LogP) is 2.09. The molecule has 7 nitrogen and oxygen atoms in total. The number of anilines is 1. The summed E-state index contributed by atoms with van der Waals surface area (Å²) < 4.78 is 0. The summed E-state index contributed by atoms with van der Waals surface area (Å²) >= 11 is 0. The lowest BCUT2D eigenvalue weighted by Crippen LogP contribution is -2.39. The van der Waals surface area contributed by atoms with Gasteiger partial charge in [0.15, 0.2) is 0 Å². The molecule has 1 aliphatic rings. The zero-order valence-corrected chi connectivity index (χ0v) is 11.4. The monoisotopic (exact) mass is 278 g/mol. The standard InChI is InChI=1S/C13H18N4O3/c1-2-6-14-12-11(7-10(8-15-12)17(19)20)13(18)16-9-4-3-5-9/h7-9H,2-6H2,1H3,(H,14,15)(H,16,18). The van der Waals surface area contributed by atoms with E-state index in [2.05, 4.69) is 15.6 Å². The lowest BCUT2D eigenvalue weighted by Gasteiger charge is -2.26. The minimum absolute atomic E-state index is 0.175. The van der Waals surface area contributed by atoms with Crippen LogP contribution in [0, 0.1) is 10.1 Å². The van der Waals surface area contributed by atoms with Gasteiger partial charge in [-0.05, 0) is 25.7 Å². The van der Waals surface area contributed by atoms with Crippen molar-refractivity contribution >= 4 is 17.4 Å². The second-order valence-corrected chi connectivity index (χ2v) is 4.87. The van der Waals surface area contributed by atoms with E-state index in [1.165, 1.54) is 6.07 Å². The van der Waals surface area contributed by atoms with E-state index in [1.54, 1.807) is 0 Å². The lowest BCUT2D eigenvalue weighted by molar-refractivity contribution is -0.385. The van der Waals surface area contributed by atoms with Crippen LogP contribution in [0.15, 0.2) is 12.3 Å². The van der Waals surface area contributed by atoms with Crippen molar-refractivity contribution in [3.63, 3.8) is 0 Å². The Kier molecular flexibility index (Phi) is 4.49. The Bertz CT molecular complexity index is 514. The van der Waals surface area contributed by atoms with Gasteiger partial charge in [0, 0.05) is 18.7 Å². The van der Waals surface area contributed by atoms with Crippen LogP contribution < -0.4 is 10.6 Å². The molecule has 0 unspecified atom stereocenters. The summed E-state index contributed by atoms with van der Waals surface area (Å²) in [5, 5.41) is 16.7. The van der Waals surface area contributed by atoms with Crippen LogP contribution in [0.1, 0.15) is 43.0 Å². The van der Waals surface area contributed by atoms with E-state index in [1.807, 2.05) is 6.92 Å². The molecule has 0 radical (unpaired) electrons. The Balaban J connectivity index is 2.22. The number of nitro groups is 1. The Labute approximate surface area is 116 Å². The van der Waals surface area contributed by atoms with E-state index in [0.717, 1.165) is 31.9 Å². The van der Waals surface area contributed by atoms with Gasteiger partial charge in [0.25, 0.3) is 11.6 Å². The molecule has 108 valence electrons. The van der Waals surface area contributed by atoms with Crippen molar-refractivity contribution < 1.29 is 9.72 Å². The molecule has 1 fully saturated rings. The highest BCUT2D eigenvalue weighted by Crippen LogP contribution is 2.22. The molecule has 1 amide bonds. The molecule has 2 rings (SSSR count). The van der Waals surface area contributed by atoms with E-state index in [9.17, 15) is 14.9 Å². The first-order chi connectivity index (χ1) is 9.61. The first kappa shape index (κ1) is 14.2. The molecular formula is C13H18N4O3. The third-order valence-electron chi connectivity index (χ3n) is 3.31. The number of nitrogens with zero attached hydrogens (tertiary/aromatic N) is 2. The van der Waals surface area contributed by atoms with Gasteiger partial charge in [0.2, 0.25) is 0 Å². The van der Waals surface area contributed by atoms with Crippen LogP contribution in [0.5, 0.6) is 0 Å². The zero-order chi connectivity index (χ0) is 14.5. The number of hydrogen-bond acceptors (Lipinski definition) is 5. The molecule has 0 saturated heterocycles. The third-order valence-corrected chi connectivity index (χ3v) is 3.31. The van der Waals surface area contributed by atoms with E-state index in [4.69, 9.17) is 0 Å². The third kappa shape index (κ3) is 3.23. The Morgan fingerprint density at radius 1 is 1.55 bits per heavy atom. The number of carbonyl (C=O) groups is 1. The number of nitrogens with one attached hydrogen (secondary N) is 2. The molecule has 1 saturated carbocycles. The molecule has 2 N–H and O–H groups in total. The molecule has 0 aliphatic heterocycles. The van der Waals surface area contributed by atoms with Gasteiger partial charge >= 0.3 is 0 Å². The summed E-state index contributed by atoms with van der Waals surface area (Å²) in [5.41, 5.74) is 0.0605. The number of carbonyl (C=O) groups excluding carboxylic acids is 1. The summed E-state index contributed by atoms with van der Waals surface area (Å²) in [4.78, 5) is 26.4. The van der Waals surface area contributed by atoms with Crippen LogP contribution in [-0.4, -0.2) is 28.4 Å². The summed E-state index contributed by atoms with van der Waals surface area (Å²) in [5.74, 6) is 0.0961. The minimum atomic E-state index is -0.545. The molecule has 0 aromatic carbocycles. The van der Waals surface area contributed by atoms with Crippen LogP contribution in [0.25, 0.3) is 0 Å². The van der Waals surface area contributed by atoms with Crippen LogP contribution >= 0.6 is 0 Å². The smallest absolute Gasteiger partial charge is 0.288 e. The average molecular weight is 278 g/mol. The highest BCUT2D eigenvalue weighted by Gasteiger charge is 2.23. The molecule has 1 aromatic rings. The van der Waals surface area contributed by atoms with Crippen molar-refractivity contribution in [3.8, 4) is 0 Å². The lowest BCUT2D eigenvalue weighted by atomic mass is 9.93. The first-order valence-electron chi connectivity index (χ1n) is 6.81. The average Bonchev–Trinajstić information content (AvgIpc) is 2.40. The highest BCUT2D eigenvalue weighted by atomic mass is 16.6. The molecule has 0 atom stereocenters. The maximum absolute atomic E-state index is 12.2. The molecule has 1 aromatic heterocycles. The van der Waals surface area contributed by atoms with Crippen molar-refractivity contribution in [2.24, 2.45) is 0 Å². The van der Waals surface area contributed by atoms with Gasteiger partial charge in [0.1, 0.15) is 12.0 Å². The topological polar surface area (TPSA) is 97.2 Å². The van der Waals surface area contributed by atoms with Crippen molar-refractivity contribution in [2.75, 3.05) is 11.9 Å². The van der Waals surface area contributed by atoms with Gasteiger partial charge in [-0.25, -0.2) is 4.98 Å². The van der Waals surface area contributed by atoms with Gasteiger partial charge < -0.3 is 10.6 Å².